The second-order valence-corrected chi connectivity index (χ2v) is 2.84. The first-order valence-corrected chi connectivity index (χ1v) is 4.30. The van der Waals surface area contributed by atoms with Crippen molar-refractivity contribution in [3.05, 3.63) is 18.2 Å². The Bertz CT molecular complexity index is 334. The third-order valence-corrected chi connectivity index (χ3v) is 1.56. The molecule has 82 valence electrons. The number of phenols is 2. The Hall–Kier alpha value is -1.95. The number of hydrogen-bond acceptors (Lipinski definition) is 4. The van der Waals surface area contributed by atoms with Crippen LogP contribution in [-0.4, -0.2) is 34.5 Å². The summed E-state index contributed by atoms with van der Waals surface area (Å²) in [6.45, 7) is -0.0185. The SMILES string of the molecule is O=C(NCCO)Nc1cc(O)cc(O)c1. The molecule has 0 fully saturated rings. The number of carbonyl (C=O) groups is 1. The maximum atomic E-state index is 11.1. The van der Waals surface area contributed by atoms with Crippen molar-refractivity contribution in [2.45, 2.75) is 0 Å². The highest BCUT2D eigenvalue weighted by molar-refractivity contribution is 5.89. The van der Waals surface area contributed by atoms with E-state index >= 15 is 0 Å². The Morgan fingerprint density at radius 2 is 1.80 bits per heavy atom. The molecule has 6 nitrogen and oxygen atoms in total. The van der Waals surface area contributed by atoms with Gasteiger partial charge in [-0.25, -0.2) is 4.79 Å². The lowest BCUT2D eigenvalue weighted by Crippen LogP contribution is -2.30. The standard InChI is InChI=1S/C9H12N2O4/c12-2-1-10-9(15)11-6-3-7(13)5-8(14)4-6/h3-5,12-14H,1-2H2,(H2,10,11,15). The first-order chi connectivity index (χ1) is 7.11. The Morgan fingerprint density at radius 3 is 2.33 bits per heavy atom. The van der Waals surface area contributed by atoms with Gasteiger partial charge in [-0.05, 0) is 0 Å². The molecule has 0 aliphatic heterocycles. The van der Waals surface area contributed by atoms with Crippen LogP contribution < -0.4 is 10.6 Å². The van der Waals surface area contributed by atoms with E-state index in [0.29, 0.717) is 0 Å². The average molecular weight is 212 g/mol. The van der Waals surface area contributed by atoms with Crippen LogP contribution in [0.3, 0.4) is 0 Å². The first kappa shape index (κ1) is 11.1. The molecule has 15 heavy (non-hydrogen) atoms. The average Bonchev–Trinajstić information content (AvgIpc) is 2.13. The van der Waals surface area contributed by atoms with E-state index in [2.05, 4.69) is 10.6 Å². The molecule has 6 heteroatoms. The summed E-state index contributed by atoms with van der Waals surface area (Å²) in [5, 5.41) is 31.4. The molecule has 0 heterocycles. The quantitative estimate of drug-likeness (QED) is 0.494. The Kier molecular flexibility index (Phi) is 3.75. The summed E-state index contributed by atoms with van der Waals surface area (Å²) in [6, 6.07) is 3.21. The number of anilines is 1. The molecule has 0 saturated carbocycles. The smallest absolute Gasteiger partial charge is 0.319 e. The molecule has 0 unspecified atom stereocenters. The predicted molar refractivity (Wildman–Crippen MR) is 53.9 cm³/mol. The number of aromatic hydroxyl groups is 2. The monoisotopic (exact) mass is 212 g/mol. The number of nitrogens with one attached hydrogen (secondary N) is 2. The van der Waals surface area contributed by atoms with Crippen molar-refractivity contribution in [1.82, 2.24) is 5.32 Å². The molecule has 0 aromatic heterocycles. The van der Waals surface area contributed by atoms with Crippen molar-refractivity contribution in [2.75, 3.05) is 18.5 Å². The van der Waals surface area contributed by atoms with Gasteiger partial charge in [0.15, 0.2) is 0 Å². The van der Waals surface area contributed by atoms with Gasteiger partial charge < -0.3 is 26.0 Å². The lowest BCUT2D eigenvalue weighted by molar-refractivity contribution is 0.245. The van der Waals surface area contributed by atoms with Crippen LogP contribution in [0.1, 0.15) is 0 Å². The number of carbonyl (C=O) groups excluding carboxylic acids is 1. The van der Waals surface area contributed by atoms with Gasteiger partial charge in [0.25, 0.3) is 0 Å². The van der Waals surface area contributed by atoms with E-state index in [1.807, 2.05) is 0 Å². The maximum Gasteiger partial charge on any atom is 0.319 e. The number of urea groups is 1. The zero-order valence-electron chi connectivity index (χ0n) is 7.90. The van der Waals surface area contributed by atoms with E-state index < -0.39 is 6.03 Å². The molecule has 0 saturated heterocycles. The van der Waals surface area contributed by atoms with Gasteiger partial charge in [-0.1, -0.05) is 0 Å². The fourth-order valence-electron chi connectivity index (χ4n) is 1.01. The summed E-state index contributed by atoms with van der Waals surface area (Å²) >= 11 is 0. The second kappa shape index (κ2) is 5.06. The van der Waals surface area contributed by atoms with E-state index in [9.17, 15) is 4.79 Å². The number of phenolic OH excluding ortho intramolecular Hbond substituents is 2. The summed E-state index contributed by atoms with van der Waals surface area (Å²) in [5.41, 5.74) is 0.267. The topological polar surface area (TPSA) is 102 Å². The fraction of sp³-hybridized carbons (Fsp3) is 0.222. The van der Waals surface area contributed by atoms with E-state index in [0.717, 1.165) is 6.07 Å². The number of aliphatic hydroxyl groups excluding tert-OH is 1. The summed E-state index contributed by atoms with van der Waals surface area (Å²) in [4.78, 5) is 11.1. The van der Waals surface area contributed by atoms with Gasteiger partial charge in [0.1, 0.15) is 11.5 Å². The molecule has 2 amide bonds. The highest BCUT2D eigenvalue weighted by Gasteiger charge is 2.03. The van der Waals surface area contributed by atoms with E-state index in [1.54, 1.807) is 0 Å². The van der Waals surface area contributed by atoms with Crippen LogP contribution in [0.5, 0.6) is 11.5 Å². The Morgan fingerprint density at radius 1 is 1.20 bits per heavy atom. The van der Waals surface area contributed by atoms with Crippen LogP contribution >= 0.6 is 0 Å². The number of hydrogen-bond donors (Lipinski definition) is 5. The molecule has 1 aromatic rings. The van der Waals surface area contributed by atoms with Crippen molar-refractivity contribution in [1.29, 1.82) is 0 Å². The molecular formula is C9H12N2O4. The molecular weight excluding hydrogens is 200 g/mol. The van der Waals surface area contributed by atoms with Gasteiger partial charge in [-0.15, -0.1) is 0 Å². The first-order valence-electron chi connectivity index (χ1n) is 4.30. The van der Waals surface area contributed by atoms with Gasteiger partial charge >= 0.3 is 6.03 Å². The van der Waals surface area contributed by atoms with Gasteiger partial charge in [0.05, 0.1) is 6.61 Å². The zero-order chi connectivity index (χ0) is 11.3. The summed E-state index contributed by atoms with van der Waals surface area (Å²) in [5.74, 6) is -0.292. The molecule has 0 spiro atoms. The maximum absolute atomic E-state index is 11.1. The van der Waals surface area contributed by atoms with Crippen LogP contribution in [0.25, 0.3) is 0 Å². The minimum Gasteiger partial charge on any atom is -0.508 e. The van der Waals surface area contributed by atoms with E-state index in [1.165, 1.54) is 12.1 Å². The number of rotatable bonds is 3. The Labute approximate surface area is 86.2 Å². The summed E-state index contributed by atoms with van der Waals surface area (Å²) in [7, 11) is 0. The number of aliphatic hydroxyl groups is 1. The molecule has 0 aliphatic carbocycles. The van der Waals surface area contributed by atoms with Crippen molar-refractivity contribution in [3.63, 3.8) is 0 Å². The second-order valence-electron chi connectivity index (χ2n) is 2.84. The molecule has 0 aliphatic rings. The van der Waals surface area contributed by atoms with Crippen molar-refractivity contribution in [2.24, 2.45) is 0 Å². The van der Waals surface area contributed by atoms with Crippen molar-refractivity contribution in [3.8, 4) is 11.5 Å². The third kappa shape index (κ3) is 3.74. The zero-order valence-corrected chi connectivity index (χ0v) is 7.90. The van der Waals surface area contributed by atoms with Gasteiger partial charge in [0.2, 0.25) is 0 Å². The number of amides is 2. The fourth-order valence-corrected chi connectivity index (χ4v) is 1.01. The minimum atomic E-state index is -0.519. The van der Waals surface area contributed by atoms with Gasteiger partial charge in [-0.2, -0.15) is 0 Å². The molecule has 0 bridgehead atoms. The lowest BCUT2D eigenvalue weighted by Gasteiger charge is -2.07. The number of benzene rings is 1. The van der Waals surface area contributed by atoms with Crippen molar-refractivity contribution < 1.29 is 20.1 Å². The predicted octanol–water partition coefficient (Wildman–Crippen LogP) is 0.212. The molecule has 5 N–H and O–H groups in total. The highest BCUT2D eigenvalue weighted by Crippen LogP contribution is 2.23. The Balaban J connectivity index is 2.60. The molecule has 0 radical (unpaired) electrons. The highest BCUT2D eigenvalue weighted by atomic mass is 16.3. The molecule has 1 aromatic carbocycles. The van der Waals surface area contributed by atoms with E-state index in [4.69, 9.17) is 15.3 Å². The van der Waals surface area contributed by atoms with Crippen LogP contribution in [0.4, 0.5) is 10.5 Å². The summed E-state index contributed by atoms with van der Waals surface area (Å²) < 4.78 is 0. The van der Waals surface area contributed by atoms with Crippen LogP contribution in [0, 0.1) is 0 Å². The molecule has 0 atom stereocenters. The largest absolute Gasteiger partial charge is 0.508 e. The van der Waals surface area contributed by atoms with Crippen LogP contribution in [-0.2, 0) is 0 Å². The van der Waals surface area contributed by atoms with Crippen LogP contribution in [0.2, 0.25) is 0 Å². The van der Waals surface area contributed by atoms with Crippen LogP contribution in [0.15, 0.2) is 18.2 Å². The minimum absolute atomic E-state index is 0.136. The third-order valence-electron chi connectivity index (χ3n) is 1.56. The van der Waals surface area contributed by atoms with Gasteiger partial charge in [0, 0.05) is 30.4 Å². The van der Waals surface area contributed by atoms with Crippen molar-refractivity contribution >= 4 is 11.7 Å². The summed E-state index contributed by atoms with van der Waals surface area (Å²) in [6.07, 6.45) is 0. The van der Waals surface area contributed by atoms with Gasteiger partial charge in [-0.3, -0.25) is 0 Å². The normalized spacial score (nSPS) is 9.67. The lowest BCUT2D eigenvalue weighted by atomic mass is 10.3. The van der Waals surface area contributed by atoms with E-state index in [-0.39, 0.29) is 30.3 Å². The molecule has 1 rings (SSSR count).